The molecule has 1 aliphatic heterocycles. The van der Waals surface area contributed by atoms with Gasteiger partial charge in [-0.05, 0) is 55.9 Å². The van der Waals surface area contributed by atoms with E-state index in [9.17, 15) is 8.42 Å². The molecule has 1 aliphatic rings. The summed E-state index contributed by atoms with van der Waals surface area (Å²) in [4.78, 5) is 0.391. The monoisotopic (exact) mass is 355 g/mol. The van der Waals surface area contributed by atoms with Crippen LogP contribution in [0.5, 0.6) is 5.75 Å². The van der Waals surface area contributed by atoms with E-state index < -0.39 is 10.0 Å². The summed E-state index contributed by atoms with van der Waals surface area (Å²) in [5, 5.41) is 0. The number of sulfonamides is 1. The summed E-state index contributed by atoms with van der Waals surface area (Å²) in [5.74, 6) is 0.940. The van der Waals surface area contributed by atoms with E-state index in [4.69, 9.17) is 9.47 Å². The Morgan fingerprint density at radius 1 is 1.25 bits per heavy atom. The van der Waals surface area contributed by atoms with Crippen molar-refractivity contribution >= 4 is 10.0 Å². The molecule has 1 saturated heterocycles. The van der Waals surface area contributed by atoms with E-state index in [-0.39, 0.29) is 12.0 Å². The first-order valence-corrected chi connectivity index (χ1v) is 10.1. The first-order chi connectivity index (χ1) is 11.3. The maximum absolute atomic E-state index is 13.1. The molecule has 24 heavy (non-hydrogen) atoms. The van der Waals surface area contributed by atoms with Crippen LogP contribution < -0.4 is 4.74 Å². The highest BCUT2D eigenvalue weighted by molar-refractivity contribution is 7.89. The van der Waals surface area contributed by atoms with Crippen molar-refractivity contribution in [1.82, 2.24) is 4.31 Å². The summed E-state index contributed by atoms with van der Waals surface area (Å²) in [6.45, 7) is 9.57. The molecule has 0 aliphatic carbocycles. The Bertz CT molecular complexity index is 662. The van der Waals surface area contributed by atoms with Crippen molar-refractivity contribution in [3.8, 4) is 5.75 Å². The fourth-order valence-corrected chi connectivity index (χ4v) is 4.91. The second kappa shape index (κ2) is 7.85. The van der Waals surface area contributed by atoms with Gasteiger partial charge in [-0.2, -0.15) is 4.31 Å². The third kappa shape index (κ3) is 3.92. The maximum atomic E-state index is 13.1. The molecule has 1 fully saturated rings. The van der Waals surface area contributed by atoms with Crippen LogP contribution in [0.1, 0.15) is 50.7 Å². The summed E-state index contributed by atoms with van der Waals surface area (Å²) in [7, 11) is -1.87. The molecule has 1 aromatic rings. The average molecular weight is 356 g/mol. The SMILES string of the molecule is CCOC1CCN(S(=O)(=O)c2cc(C(C)C)c(OC)cc2C)CC1. The Morgan fingerprint density at radius 2 is 1.88 bits per heavy atom. The number of hydrogen-bond acceptors (Lipinski definition) is 4. The van der Waals surface area contributed by atoms with Crippen molar-refractivity contribution in [2.75, 3.05) is 26.8 Å². The smallest absolute Gasteiger partial charge is 0.243 e. The van der Waals surface area contributed by atoms with Crippen molar-refractivity contribution in [2.24, 2.45) is 0 Å². The van der Waals surface area contributed by atoms with E-state index in [0.29, 0.717) is 24.6 Å². The van der Waals surface area contributed by atoms with Gasteiger partial charge in [0.05, 0.1) is 18.1 Å². The number of benzene rings is 1. The Balaban J connectivity index is 2.31. The molecule has 136 valence electrons. The van der Waals surface area contributed by atoms with Gasteiger partial charge in [-0.25, -0.2) is 8.42 Å². The van der Waals surface area contributed by atoms with E-state index in [1.54, 1.807) is 17.5 Å². The fourth-order valence-electron chi connectivity index (χ4n) is 3.20. The standard InChI is InChI=1S/C18H29NO4S/c1-6-23-15-7-9-19(10-8-15)24(20,21)18-12-16(13(2)3)17(22-5)11-14(18)4/h11-13,15H,6-10H2,1-5H3. The minimum Gasteiger partial charge on any atom is -0.496 e. The first kappa shape index (κ1) is 19.2. The van der Waals surface area contributed by atoms with Crippen LogP contribution in [0.2, 0.25) is 0 Å². The second-order valence-electron chi connectivity index (χ2n) is 6.57. The lowest BCUT2D eigenvalue weighted by Crippen LogP contribution is -2.41. The summed E-state index contributed by atoms with van der Waals surface area (Å²) in [6.07, 6.45) is 1.67. The molecule has 0 amide bonds. The molecule has 1 heterocycles. The molecule has 0 spiro atoms. The lowest BCUT2D eigenvalue weighted by molar-refractivity contribution is 0.0290. The molecular weight excluding hydrogens is 326 g/mol. The Kier molecular flexibility index (Phi) is 6.28. The lowest BCUT2D eigenvalue weighted by Gasteiger charge is -2.31. The topological polar surface area (TPSA) is 55.8 Å². The van der Waals surface area contributed by atoms with Gasteiger partial charge in [-0.1, -0.05) is 13.8 Å². The zero-order valence-electron chi connectivity index (χ0n) is 15.3. The van der Waals surface area contributed by atoms with Crippen molar-refractivity contribution in [3.05, 3.63) is 23.3 Å². The van der Waals surface area contributed by atoms with Gasteiger partial charge in [0.1, 0.15) is 5.75 Å². The number of ether oxygens (including phenoxy) is 2. The van der Waals surface area contributed by atoms with E-state index in [0.717, 1.165) is 29.7 Å². The molecule has 0 radical (unpaired) electrons. The van der Waals surface area contributed by atoms with Gasteiger partial charge in [-0.15, -0.1) is 0 Å². The van der Waals surface area contributed by atoms with Gasteiger partial charge in [0.25, 0.3) is 0 Å². The highest BCUT2D eigenvalue weighted by atomic mass is 32.2. The third-order valence-corrected chi connectivity index (χ3v) is 6.61. The highest BCUT2D eigenvalue weighted by Gasteiger charge is 2.31. The number of piperidine rings is 1. The first-order valence-electron chi connectivity index (χ1n) is 8.61. The van der Waals surface area contributed by atoms with E-state index in [2.05, 4.69) is 0 Å². The summed E-state index contributed by atoms with van der Waals surface area (Å²) in [5.41, 5.74) is 1.65. The second-order valence-corrected chi connectivity index (χ2v) is 8.48. The van der Waals surface area contributed by atoms with Crippen LogP contribution in [-0.2, 0) is 14.8 Å². The Hall–Kier alpha value is -1.11. The molecule has 0 bridgehead atoms. The summed E-state index contributed by atoms with van der Waals surface area (Å²) in [6, 6.07) is 3.61. The number of rotatable bonds is 6. The molecular formula is C18H29NO4S. The predicted molar refractivity (Wildman–Crippen MR) is 95.2 cm³/mol. The third-order valence-electron chi connectivity index (χ3n) is 4.57. The molecule has 0 N–H and O–H groups in total. The minimum atomic E-state index is -3.49. The van der Waals surface area contributed by atoms with Gasteiger partial charge >= 0.3 is 0 Å². The molecule has 0 atom stereocenters. The highest BCUT2D eigenvalue weighted by Crippen LogP contribution is 2.33. The minimum absolute atomic E-state index is 0.171. The van der Waals surface area contributed by atoms with Gasteiger partial charge in [-0.3, -0.25) is 0 Å². The van der Waals surface area contributed by atoms with Crippen LogP contribution in [-0.4, -0.2) is 45.6 Å². The quantitative estimate of drug-likeness (QED) is 0.785. The van der Waals surface area contributed by atoms with Crippen LogP contribution in [0, 0.1) is 6.92 Å². The summed E-state index contributed by atoms with van der Waals surface area (Å²) >= 11 is 0. The molecule has 5 nitrogen and oxygen atoms in total. The van der Waals surface area contributed by atoms with E-state index in [1.807, 2.05) is 33.8 Å². The Labute approximate surface area is 146 Å². The number of methoxy groups -OCH3 is 1. The van der Waals surface area contributed by atoms with Crippen LogP contribution in [0.15, 0.2) is 17.0 Å². The van der Waals surface area contributed by atoms with Crippen molar-refractivity contribution in [2.45, 2.75) is 57.5 Å². The number of nitrogens with zero attached hydrogens (tertiary/aromatic N) is 1. The van der Waals surface area contributed by atoms with Gasteiger partial charge < -0.3 is 9.47 Å². The normalized spacial score (nSPS) is 17.4. The van der Waals surface area contributed by atoms with E-state index >= 15 is 0 Å². The van der Waals surface area contributed by atoms with Crippen LogP contribution >= 0.6 is 0 Å². The number of hydrogen-bond donors (Lipinski definition) is 0. The van der Waals surface area contributed by atoms with Gasteiger partial charge in [0, 0.05) is 19.7 Å². The van der Waals surface area contributed by atoms with Crippen LogP contribution in [0.3, 0.4) is 0 Å². The van der Waals surface area contributed by atoms with Crippen LogP contribution in [0.4, 0.5) is 0 Å². The Morgan fingerprint density at radius 3 is 2.38 bits per heavy atom. The maximum Gasteiger partial charge on any atom is 0.243 e. The summed E-state index contributed by atoms with van der Waals surface area (Å²) < 4.78 is 38.8. The molecule has 0 aromatic heterocycles. The van der Waals surface area contributed by atoms with Gasteiger partial charge in [0.15, 0.2) is 0 Å². The van der Waals surface area contributed by atoms with Crippen molar-refractivity contribution in [1.29, 1.82) is 0 Å². The zero-order valence-corrected chi connectivity index (χ0v) is 16.1. The molecule has 0 saturated carbocycles. The predicted octanol–water partition coefficient (Wildman–Crippen LogP) is 3.32. The largest absolute Gasteiger partial charge is 0.496 e. The average Bonchev–Trinajstić information content (AvgIpc) is 2.54. The van der Waals surface area contributed by atoms with Crippen molar-refractivity contribution in [3.63, 3.8) is 0 Å². The fraction of sp³-hybridized carbons (Fsp3) is 0.667. The molecule has 6 heteroatoms. The van der Waals surface area contributed by atoms with E-state index in [1.165, 1.54) is 0 Å². The van der Waals surface area contributed by atoms with Crippen molar-refractivity contribution < 1.29 is 17.9 Å². The lowest BCUT2D eigenvalue weighted by atomic mass is 10.0. The molecule has 0 unspecified atom stereocenters. The molecule has 1 aromatic carbocycles. The van der Waals surface area contributed by atoms with Crippen LogP contribution in [0.25, 0.3) is 0 Å². The number of aryl methyl sites for hydroxylation is 1. The molecule has 2 rings (SSSR count). The van der Waals surface area contributed by atoms with Gasteiger partial charge in [0.2, 0.25) is 10.0 Å². The zero-order chi connectivity index (χ0) is 17.9.